The summed E-state index contributed by atoms with van der Waals surface area (Å²) in [5, 5.41) is 2.78. The maximum absolute atomic E-state index is 11.9. The van der Waals surface area contributed by atoms with Gasteiger partial charge in [0.2, 0.25) is 5.91 Å². The van der Waals surface area contributed by atoms with Crippen molar-refractivity contribution in [2.75, 3.05) is 5.32 Å². The van der Waals surface area contributed by atoms with E-state index in [9.17, 15) is 4.79 Å². The highest BCUT2D eigenvalue weighted by molar-refractivity contribution is 9.10. The van der Waals surface area contributed by atoms with E-state index in [0.717, 1.165) is 15.7 Å². The molecule has 0 aliphatic rings. The van der Waals surface area contributed by atoms with E-state index in [1.54, 1.807) is 0 Å². The number of nitrogens with two attached hydrogens (primary N) is 1. The Hall–Kier alpha value is -1.65. The minimum atomic E-state index is -0.658. The van der Waals surface area contributed by atoms with Crippen LogP contribution >= 0.6 is 15.9 Å². The standard InChI is InChI=1S/C14H13BrN2O/c15-11-6-8-12(9-7-11)17-14(18)13(16)10-4-2-1-3-5-10/h1-9,13H,16H2,(H,17,18). The quantitative estimate of drug-likeness (QED) is 0.915. The van der Waals surface area contributed by atoms with Crippen molar-refractivity contribution in [1.29, 1.82) is 0 Å². The highest BCUT2D eigenvalue weighted by Gasteiger charge is 2.15. The average molecular weight is 305 g/mol. The van der Waals surface area contributed by atoms with E-state index < -0.39 is 6.04 Å². The molecule has 0 radical (unpaired) electrons. The molecule has 3 N–H and O–H groups in total. The molecule has 0 aliphatic heterocycles. The van der Waals surface area contributed by atoms with Crippen LogP contribution in [0.2, 0.25) is 0 Å². The molecule has 1 amide bonds. The third-order valence-corrected chi connectivity index (χ3v) is 3.08. The van der Waals surface area contributed by atoms with E-state index in [1.165, 1.54) is 0 Å². The van der Waals surface area contributed by atoms with Crippen LogP contribution in [0.1, 0.15) is 11.6 Å². The molecular weight excluding hydrogens is 292 g/mol. The summed E-state index contributed by atoms with van der Waals surface area (Å²) in [6.07, 6.45) is 0. The second-order valence-electron chi connectivity index (χ2n) is 3.88. The average Bonchev–Trinajstić information content (AvgIpc) is 2.41. The van der Waals surface area contributed by atoms with Crippen LogP contribution in [0.15, 0.2) is 59.1 Å². The van der Waals surface area contributed by atoms with Gasteiger partial charge in [-0.3, -0.25) is 4.79 Å². The zero-order valence-electron chi connectivity index (χ0n) is 9.64. The van der Waals surface area contributed by atoms with Gasteiger partial charge in [-0.25, -0.2) is 0 Å². The summed E-state index contributed by atoms with van der Waals surface area (Å²) < 4.78 is 0.966. The number of anilines is 1. The maximum atomic E-state index is 11.9. The van der Waals surface area contributed by atoms with E-state index in [1.807, 2.05) is 54.6 Å². The van der Waals surface area contributed by atoms with Crippen molar-refractivity contribution in [3.63, 3.8) is 0 Å². The Morgan fingerprint density at radius 1 is 1.06 bits per heavy atom. The van der Waals surface area contributed by atoms with E-state index in [4.69, 9.17) is 5.73 Å². The van der Waals surface area contributed by atoms with Gasteiger partial charge in [-0.05, 0) is 29.8 Å². The number of carbonyl (C=O) groups is 1. The van der Waals surface area contributed by atoms with Gasteiger partial charge in [0.05, 0.1) is 0 Å². The minimum Gasteiger partial charge on any atom is -0.324 e. The molecule has 2 rings (SSSR count). The van der Waals surface area contributed by atoms with Crippen LogP contribution in [0.4, 0.5) is 5.69 Å². The highest BCUT2D eigenvalue weighted by Crippen LogP contribution is 2.16. The van der Waals surface area contributed by atoms with Gasteiger partial charge >= 0.3 is 0 Å². The van der Waals surface area contributed by atoms with E-state index in [-0.39, 0.29) is 5.91 Å². The predicted molar refractivity (Wildman–Crippen MR) is 76.1 cm³/mol. The lowest BCUT2D eigenvalue weighted by molar-refractivity contribution is -0.117. The van der Waals surface area contributed by atoms with Crippen LogP contribution in [0.5, 0.6) is 0 Å². The monoisotopic (exact) mass is 304 g/mol. The molecule has 0 bridgehead atoms. The number of hydrogen-bond acceptors (Lipinski definition) is 2. The van der Waals surface area contributed by atoms with Gasteiger partial charge in [-0.15, -0.1) is 0 Å². The first-order chi connectivity index (χ1) is 8.66. The zero-order chi connectivity index (χ0) is 13.0. The fourth-order valence-corrected chi connectivity index (χ4v) is 1.83. The second kappa shape index (κ2) is 5.80. The van der Waals surface area contributed by atoms with E-state index in [0.29, 0.717) is 0 Å². The van der Waals surface area contributed by atoms with Crippen molar-refractivity contribution in [2.24, 2.45) is 5.73 Å². The summed E-state index contributed by atoms with van der Waals surface area (Å²) in [6.45, 7) is 0. The normalized spacial score (nSPS) is 11.9. The van der Waals surface area contributed by atoms with Crippen molar-refractivity contribution in [2.45, 2.75) is 6.04 Å². The molecule has 1 atom stereocenters. The molecule has 0 saturated carbocycles. The lowest BCUT2D eigenvalue weighted by Gasteiger charge is -2.12. The third-order valence-electron chi connectivity index (χ3n) is 2.55. The van der Waals surface area contributed by atoms with E-state index >= 15 is 0 Å². The summed E-state index contributed by atoms with van der Waals surface area (Å²) in [5.41, 5.74) is 7.42. The number of amides is 1. The Morgan fingerprint density at radius 2 is 1.67 bits per heavy atom. The molecule has 3 nitrogen and oxygen atoms in total. The Bertz CT molecular complexity index is 525. The number of halogens is 1. The van der Waals surface area contributed by atoms with Gasteiger partial charge in [0, 0.05) is 10.2 Å². The molecule has 0 aliphatic carbocycles. The summed E-state index contributed by atoms with van der Waals surface area (Å²) in [6, 6.07) is 16.0. The van der Waals surface area contributed by atoms with Crippen LogP contribution < -0.4 is 11.1 Å². The Kier molecular flexibility index (Phi) is 4.12. The Labute approximate surface area is 114 Å². The van der Waals surface area contributed by atoms with Crippen LogP contribution in [0.25, 0.3) is 0 Å². The predicted octanol–water partition coefficient (Wildman–Crippen LogP) is 3.09. The SMILES string of the molecule is NC(C(=O)Nc1ccc(Br)cc1)c1ccccc1. The topological polar surface area (TPSA) is 55.1 Å². The number of rotatable bonds is 3. The van der Waals surface area contributed by atoms with E-state index in [2.05, 4.69) is 21.2 Å². The van der Waals surface area contributed by atoms with Crippen molar-refractivity contribution in [1.82, 2.24) is 0 Å². The molecule has 2 aromatic carbocycles. The molecule has 0 aromatic heterocycles. The molecule has 0 spiro atoms. The molecule has 1 unspecified atom stereocenters. The van der Waals surface area contributed by atoms with Crippen LogP contribution in [0.3, 0.4) is 0 Å². The van der Waals surface area contributed by atoms with Crippen molar-refractivity contribution in [3.05, 3.63) is 64.6 Å². The molecule has 4 heteroatoms. The maximum Gasteiger partial charge on any atom is 0.245 e. The largest absolute Gasteiger partial charge is 0.324 e. The van der Waals surface area contributed by atoms with Crippen LogP contribution in [-0.4, -0.2) is 5.91 Å². The molecule has 18 heavy (non-hydrogen) atoms. The molecular formula is C14H13BrN2O. The molecule has 0 heterocycles. The van der Waals surface area contributed by atoms with Crippen LogP contribution in [0, 0.1) is 0 Å². The van der Waals surface area contributed by atoms with Gasteiger partial charge in [0.25, 0.3) is 0 Å². The summed E-state index contributed by atoms with van der Waals surface area (Å²) in [5.74, 6) is -0.219. The Balaban J connectivity index is 2.06. The lowest BCUT2D eigenvalue weighted by atomic mass is 10.1. The first-order valence-electron chi connectivity index (χ1n) is 5.54. The number of benzene rings is 2. The molecule has 0 fully saturated rings. The number of carbonyl (C=O) groups excluding carboxylic acids is 1. The second-order valence-corrected chi connectivity index (χ2v) is 4.80. The first-order valence-corrected chi connectivity index (χ1v) is 6.33. The minimum absolute atomic E-state index is 0.219. The number of hydrogen-bond donors (Lipinski definition) is 2. The summed E-state index contributed by atoms with van der Waals surface area (Å²) in [7, 11) is 0. The van der Waals surface area contributed by atoms with Crippen LogP contribution in [-0.2, 0) is 4.79 Å². The van der Waals surface area contributed by atoms with Gasteiger partial charge in [0.1, 0.15) is 6.04 Å². The summed E-state index contributed by atoms with van der Waals surface area (Å²) in [4.78, 5) is 11.9. The smallest absolute Gasteiger partial charge is 0.245 e. The summed E-state index contributed by atoms with van der Waals surface area (Å²) >= 11 is 3.34. The molecule has 0 saturated heterocycles. The van der Waals surface area contributed by atoms with Gasteiger partial charge in [0.15, 0.2) is 0 Å². The fourth-order valence-electron chi connectivity index (χ4n) is 1.56. The van der Waals surface area contributed by atoms with Gasteiger partial charge in [-0.1, -0.05) is 46.3 Å². The Morgan fingerprint density at radius 3 is 2.28 bits per heavy atom. The lowest BCUT2D eigenvalue weighted by Crippen LogP contribution is -2.27. The number of nitrogens with one attached hydrogen (secondary N) is 1. The van der Waals surface area contributed by atoms with Crippen molar-refractivity contribution >= 4 is 27.5 Å². The fraction of sp³-hybridized carbons (Fsp3) is 0.0714. The first kappa shape index (κ1) is 12.8. The highest BCUT2D eigenvalue weighted by atomic mass is 79.9. The van der Waals surface area contributed by atoms with Gasteiger partial charge < -0.3 is 11.1 Å². The zero-order valence-corrected chi connectivity index (χ0v) is 11.2. The van der Waals surface area contributed by atoms with Crippen molar-refractivity contribution in [3.8, 4) is 0 Å². The van der Waals surface area contributed by atoms with Gasteiger partial charge in [-0.2, -0.15) is 0 Å². The third kappa shape index (κ3) is 3.18. The van der Waals surface area contributed by atoms with Crippen molar-refractivity contribution < 1.29 is 4.79 Å². The molecule has 92 valence electrons. The molecule has 2 aromatic rings.